The van der Waals surface area contributed by atoms with E-state index in [0.29, 0.717) is 0 Å². The molecule has 0 saturated heterocycles. The average Bonchev–Trinajstić information content (AvgIpc) is 2.92. The molecule has 0 saturated carbocycles. The molecular weight excluding hydrogens is 350 g/mol. The second-order valence-corrected chi connectivity index (χ2v) is 8.26. The zero-order valence-corrected chi connectivity index (χ0v) is 16.9. The number of nitrogens with zero attached hydrogens (tertiary/aromatic N) is 2. The first kappa shape index (κ1) is 17.7. The number of rotatable bonds is 4. The van der Waals surface area contributed by atoms with Gasteiger partial charge in [0.15, 0.2) is 0 Å². The molecule has 0 fully saturated rings. The van der Waals surface area contributed by atoms with Crippen molar-refractivity contribution in [2.45, 2.75) is 34.1 Å². The van der Waals surface area contributed by atoms with E-state index >= 15 is 0 Å². The number of nitrogens with one attached hydrogen (secondary N) is 1. The van der Waals surface area contributed by atoms with Gasteiger partial charge in [0.05, 0.1) is 5.39 Å². The van der Waals surface area contributed by atoms with Crippen LogP contribution >= 0.6 is 11.3 Å². The van der Waals surface area contributed by atoms with Gasteiger partial charge in [0.1, 0.15) is 16.5 Å². The summed E-state index contributed by atoms with van der Waals surface area (Å²) in [6.45, 7) is 8.55. The fourth-order valence-corrected chi connectivity index (χ4v) is 4.37. The van der Waals surface area contributed by atoms with Crippen LogP contribution in [0.2, 0.25) is 0 Å². The van der Waals surface area contributed by atoms with Crippen LogP contribution in [0, 0.1) is 27.7 Å². The molecule has 0 radical (unpaired) electrons. The van der Waals surface area contributed by atoms with Crippen molar-refractivity contribution in [3.8, 4) is 0 Å². The lowest BCUT2D eigenvalue weighted by Gasteiger charge is -2.12. The molecule has 0 aliphatic carbocycles. The Morgan fingerprint density at radius 3 is 2.44 bits per heavy atom. The molecule has 2 aromatic carbocycles. The highest BCUT2D eigenvalue weighted by Gasteiger charge is 2.15. The van der Waals surface area contributed by atoms with E-state index in [4.69, 9.17) is 9.97 Å². The maximum atomic E-state index is 4.91. The quantitative estimate of drug-likeness (QED) is 0.459. The Kier molecular flexibility index (Phi) is 4.66. The number of benzene rings is 2. The Morgan fingerprint density at radius 1 is 0.926 bits per heavy atom. The summed E-state index contributed by atoms with van der Waals surface area (Å²) in [4.78, 5) is 12.1. The lowest BCUT2D eigenvalue weighted by atomic mass is 10.1. The monoisotopic (exact) mass is 373 g/mol. The van der Waals surface area contributed by atoms with Crippen molar-refractivity contribution in [1.29, 1.82) is 0 Å². The summed E-state index contributed by atoms with van der Waals surface area (Å²) >= 11 is 1.74. The summed E-state index contributed by atoms with van der Waals surface area (Å²) in [6, 6.07) is 16.8. The van der Waals surface area contributed by atoms with Crippen LogP contribution in [-0.4, -0.2) is 9.97 Å². The Bertz CT molecular complexity index is 1110. The lowest BCUT2D eigenvalue weighted by molar-refractivity contribution is 0.999. The molecule has 0 spiro atoms. The van der Waals surface area contributed by atoms with Crippen LogP contribution in [0.1, 0.15) is 33.0 Å². The second kappa shape index (κ2) is 7.12. The molecule has 0 amide bonds. The largest absolute Gasteiger partial charge is 0.339 e. The first-order chi connectivity index (χ1) is 13.0. The SMILES string of the molecule is Cc1ccc(Nc2nc(Cc3ccccc3)nc3sc(C)c(C)c23)c(C)c1. The molecule has 136 valence electrons. The number of hydrogen-bond donors (Lipinski definition) is 1. The third-order valence-electron chi connectivity index (χ3n) is 4.92. The number of fused-ring (bicyclic) bond motifs is 1. The van der Waals surface area contributed by atoms with Crippen LogP contribution in [0.15, 0.2) is 48.5 Å². The van der Waals surface area contributed by atoms with Crippen molar-refractivity contribution >= 4 is 33.1 Å². The maximum Gasteiger partial charge on any atom is 0.143 e. The first-order valence-corrected chi connectivity index (χ1v) is 9.97. The molecule has 1 N–H and O–H groups in total. The van der Waals surface area contributed by atoms with Crippen molar-refractivity contribution < 1.29 is 0 Å². The fourth-order valence-electron chi connectivity index (χ4n) is 3.32. The van der Waals surface area contributed by atoms with Gasteiger partial charge in [-0.15, -0.1) is 11.3 Å². The minimum Gasteiger partial charge on any atom is -0.339 e. The van der Waals surface area contributed by atoms with Gasteiger partial charge in [0, 0.05) is 17.0 Å². The average molecular weight is 374 g/mol. The molecule has 4 rings (SSSR count). The van der Waals surface area contributed by atoms with Gasteiger partial charge in [-0.2, -0.15) is 0 Å². The Morgan fingerprint density at radius 2 is 1.70 bits per heavy atom. The van der Waals surface area contributed by atoms with Gasteiger partial charge in [-0.1, -0.05) is 48.0 Å². The van der Waals surface area contributed by atoms with Crippen molar-refractivity contribution in [3.63, 3.8) is 0 Å². The van der Waals surface area contributed by atoms with Crippen LogP contribution in [0.25, 0.3) is 10.2 Å². The topological polar surface area (TPSA) is 37.8 Å². The van der Waals surface area contributed by atoms with E-state index in [2.05, 4.69) is 75.5 Å². The Hall–Kier alpha value is -2.72. The summed E-state index contributed by atoms with van der Waals surface area (Å²) in [5.41, 5.74) is 6.05. The van der Waals surface area contributed by atoms with Gasteiger partial charge in [-0.05, 0) is 50.5 Å². The normalized spacial score (nSPS) is 11.1. The molecule has 4 heteroatoms. The molecule has 0 aliphatic heterocycles. The van der Waals surface area contributed by atoms with Crippen LogP contribution < -0.4 is 5.32 Å². The number of aromatic nitrogens is 2. The van der Waals surface area contributed by atoms with E-state index in [1.807, 2.05) is 6.07 Å². The molecule has 4 aromatic rings. The van der Waals surface area contributed by atoms with Gasteiger partial charge in [-0.25, -0.2) is 9.97 Å². The Balaban J connectivity index is 1.81. The molecule has 0 atom stereocenters. The smallest absolute Gasteiger partial charge is 0.143 e. The Labute approximate surface area is 164 Å². The van der Waals surface area contributed by atoms with E-state index in [1.54, 1.807) is 11.3 Å². The zero-order valence-electron chi connectivity index (χ0n) is 16.1. The second-order valence-electron chi connectivity index (χ2n) is 7.06. The molecule has 3 nitrogen and oxygen atoms in total. The minimum atomic E-state index is 0.730. The van der Waals surface area contributed by atoms with Crippen molar-refractivity contribution in [3.05, 3.63) is 81.5 Å². The summed E-state index contributed by atoms with van der Waals surface area (Å²) in [6.07, 6.45) is 0.730. The molecule has 2 aromatic heterocycles. The van der Waals surface area contributed by atoms with E-state index in [-0.39, 0.29) is 0 Å². The van der Waals surface area contributed by atoms with Gasteiger partial charge >= 0.3 is 0 Å². The molecule has 2 heterocycles. The third kappa shape index (κ3) is 3.58. The van der Waals surface area contributed by atoms with E-state index in [0.717, 1.165) is 34.0 Å². The summed E-state index contributed by atoms with van der Waals surface area (Å²) < 4.78 is 0. The van der Waals surface area contributed by atoms with E-state index in [1.165, 1.54) is 27.1 Å². The highest BCUT2D eigenvalue weighted by Crippen LogP contribution is 2.35. The number of anilines is 2. The highest BCUT2D eigenvalue weighted by molar-refractivity contribution is 7.18. The van der Waals surface area contributed by atoms with Gasteiger partial charge in [0.2, 0.25) is 0 Å². The van der Waals surface area contributed by atoms with Gasteiger partial charge in [0.25, 0.3) is 0 Å². The standard InChI is InChI=1S/C23H23N3S/c1-14-10-11-19(15(2)12-14)24-22-21-16(3)17(4)27-23(21)26-20(25-22)13-18-8-6-5-7-9-18/h5-12H,13H2,1-4H3,(H,24,25,26). The minimum absolute atomic E-state index is 0.730. The van der Waals surface area contributed by atoms with Crippen LogP contribution in [0.3, 0.4) is 0 Å². The molecule has 0 unspecified atom stereocenters. The predicted molar refractivity (Wildman–Crippen MR) is 115 cm³/mol. The number of aryl methyl sites for hydroxylation is 4. The summed E-state index contributed by atoms with van der Waals surface area (Å²) in [5, 5.41) is 4.71. The van der Waals surface area contributed by atoms with Crippen molar-refractivity contribution in [1.82, 2.24) is 9.97 Å². The van der Waals surface area contributed by atoms with E-state index in [9.17, 15) is 0 Å². The predicted octanol–water partition coefficient (Wildman–Crippen LogP) is 6.26. The molecule has 27 heavy (non-hydrogen) atoms. The first-order valence-electron chi connectivity index (χ1n) is 9.16. The fraction of sp³-hybridized carbons (Fsp3) is 0.217. The lowest BCUT2D eigenvalue weighted by Crippen LogP contribution is -2.03. The third-order valence-corrected chi connectivity index (χ3v) is 6.02. The van der Waals surface area contributed by atoms with Crippen LogP contribution in [0.5, 0.6) is 0 Å². The summed E-state index contributed by atoms with van der Waals surface area (Å²) in [7, 11) is 0. The maximum absolute atomic E-state index is 4.91. The highest BCUT2D eigenvalue weighted by atomic mass is 32.1. The van der Waals surface area contributed by atoms with Gasteiger partial charge < -0.3 is 5.32 Å². The van der Waals surface area contributed by atoms with Crippen molar-refractivity contribution in [2.75, 3.05) is 5.32 Å². The molecule has 0 bridgehead atoms. The van der Waals surface area contributed by atoms with E-state index < -0.39 is 0 Å². The van der Waals surface area contributed by atoms with Gasteiger partial charge in [-0.3, -0.25) is 0 Å². The zero-order chi connectivity index (χ0) is 19.0. The van der Waals surface area contributed by atoms with Crippen LogP contribution in [0.4, 0.5) is 11.5 Å². The molecule has 0 aliphatic rings. The number of hydrogen-bond acceptors (Lipinski definition) is 4. The number of thiophene rings is 1. The van der Waals surface area contributed by atoms with Crippen molar-refractivity contribution in [2.24, 2.45) is 0 Å². The summed E-state index contributed by atoms with van der Waals surface area (Å²) in [5.74, 6) is 1.75. The van der Waals surface area contributed by atoms with Crippen LogP contribution in [-0.2, 0) is 6.42 Å². The molecular formula is C23H23N3S.